The molecule has 0 saturated heterocycles. The van der Waals surface area contributed by atoms with E-state index in [-0.39, 0.29) is 10.5 Å². The van der Waals surface area contributed by atoms with Gasteiger partial charge >= 0.3 is 5.97 Å². The van der Waals surface area contributed by atoms with Gasteiger partial charge in [-0.25, -0.2) is 13.2 Å². The number of benzene rings is 2. The molecule has 0 aliphatic rings. The second-order valence-electron chi connectivity index (χ2n) is 5.68. The maximum atomic E-state index is 12.5. The molecule has 0 bridgehead atoms. The summed E-state index contributed by atoms with van der Waals surface area (Å²) in [4.78, 5) is 12.5. The van der Waals surface area contributed by atoms with Gasteiger partial charge in [-0.3, -0.25) is 0 Å². The first-order valence-corrected chi connectivity index (χ1v) is 10.2. The van der Waals surface area contributed by atoms with Crippen LogP contribution in [0, 0.1) is 0 Å². The lowest BCUT2D eigenvalue weighted by Crippen LogP contribution is -2.30. The lowest BCUT2D eigenvalue weighted by atomic mass is 10.1. The minimum absolute atomic E-state index is 0.150. The first-order valence-electron chi connectivity index (χ1n) is 8.36. The van der Waals surface area contributed by atoms with Crippen LogP contribution in [0.25, 0.3) is 0 Å². The summed E-state index contributed by atoms with van der Waals surface area (Å²) in [6.07, 6.45) is -0.518. The van der Waals surface area contributed by atoms with Crippen LogP contribution in [0.3, 0.4) is 0 Å². The maximum absolute atomic E-state index is 12.5. The molecule has 0 amide bonds. The minimum atomic E-state index is -3.55. The van der Waals surface area contributed by atoms with Crippen molar-refractivity contribution in [2.45, 2.75) is 31.8 Å². The SMILES string of the molecule is CCN(CC)S(=O)(=O)c1ccc(C(=O)OC(C)c2ccccc2Cl)cc1. The van der Waals surface area contributed by atoms with Crippen LogP contribution in [-0.2, 0) is 14.8 Å². The van der Waals surface area contributed by atoms with Crippen LogP contribution in [0.4, 0.5) is 0 Å². The van der Waals surface area contributed by atoms with Crippen molar-refractivity contribution in [2.24, 2.45) is 0 Å². The third-order valence-corrected chi connectivity index (χ3v) is 6.47. The Balaban J connectivity index is 2.15. The van der Waals surface area contributed by atoms with E-state index in [0.717, 1.165) is 0 Å². The fourth-order valence-electron chi connectivity index (χ4n) is 2.57. The number of ether oxygens (including phenoxy) is 1. The zero-order valence-electron chi connectivity index (χ0n) is 15.0. The predicted molar refractivity (Wildman–Crippen MR) is 102 cm³/mol. The molecule has 2 aromatic carbocycles. The van der Waals surface area contributed by atoms with Gasteiger partial charge in [0.2, 0.25) is 10.0 Å². The Hall–Kier alpha value is -1.89. The molecule has 0 saturated carbocycles. The molecular formula is C19H22ClNO4S. The van der Waals surface area contributed by atoms with Crippen molar-refractivity contribution in [3.05, 3.63) is 64.7 Å². The van der Waals surface area contributed by atoms with E-state index in [1.807, 2.05) is 6.07 Å². The van der Waals surface area contributed by atoms with Crippen LogP contribution >= 0.6 is 11.6 Å². The molecule has 0 N–H and O–H groups in total. The number of hydrogen-bond acceptors (Lipinski definition) is 4. The average molecular weight is 396 g/mol. The molecule has 0 spiro atoms. The van der Waals surface area contributed by atoms with Gasteiger partial charge in [-0.2, -0.15) is 4.31 Å². The normalized spacial score (nSPS) is 12.8. The molecular weight excluding hydrogens is 374 g/mol. The molecule has 7 heteroatoms. The van der Waals surface area contributed by atoms with Crippen molar-refractivity contribution in [3.63, 3.8) is 0 Å². The zero-order valence-corrected chi connectivity index (χ0v) is 16.5. The Kier molecular flexibility index (Phi) is 6.81. The summed E-state index contributed by atoms with van der Waals surface area (Å²) in [5.41, 5.74) is 0.991. The summed E-state index contributed by atoms with van der Waals surface area (Å²) < 4.78 is 31.7. The molecule has 0 aliphatic heterocycles. The van der Waals surface area contributed by atoms with Crippen LogP contribution in [0.2, 0.25) is 5.02 Å². The van der Waals surface area contributed by atoms with E-state index < -0.39 is 22.1 Å². The summed E-state index contributed by atoms with van der Waals surface area (Å²) in [5, 5.41) is 0.522. The van der Waals surface area contributed by atoms with Gasteiger partial charge in [0, 0.05) is 23.7 Å². The number of halogens is 1. The highest BCUT2D eigenvalue weighted by molar-refractivity contribution is 7.89. The Morgan fingerprint density at radius 1 is 1.08 bits per heavy atom. The van der Waals surface area contributed by atoms with E-state index in [4.69, 9.17) is 16.3 Å². The number of hydrogen-bond donors (Lipinski definition) is 0. The summed E-state index contributed by atoms with van der Waals surface area (Å²) in [6, 6.07) is 12.9. The minimum Gasteiger partial charge on any atom is -0.454 e. The third-order valence-electron chi connectivity index (χ3n) is 4.06. The highest BCUT2D eigenvalue weighted by Crippen LogP contribution is 2.26. The van der Waals surface area contributed by atoms with E-state index in [1.54, 1.807) is 39.0 Å². The first kappa shape index (κ1) is 20.4. The van der Waals surface area contributed by atoms with Crippen LogP contribution in [0.1, 0.15) is 42.8 Å². The average Bonchev–Trinajstić information content (AvgIpc) is 2.62. The number of carbonyl (C=O) groups is 1. The van der Waals surface area contributed by atoms with Crippen LogP contribution in [0.15, 0.2) is 53.4 Å². The van der Waals surface area contributed by atoms with E-state index >= 15 is 0 Å². The Morgan fingerprint density at radius 2 is 1.65 bits per heavy atom. The van der Waals surface area contributed by atoms with Crippen molar-refractivity contribution in [3.8, 4) is 0 Å². The number of sulfonamides is 1. The maximum Gasteiger partial charge on any atom is 0.338 e. The molecule has 140 valence electrons. The lowest BCUT2D eigenvalue weighted by molar-refractivity contribution is 0.0338. The Labute approximate surface area is 159 Å². The topological polar surface area (TPSA) is 63.7 Å². The molecule has 0 aromatic heterocycles. The molecule has 0 aliphatic carbocycles. The second kappa shape index (κ2) is 8.66. The number of rotatable bonds is 7. The van der Waals surface area contributed by atoms with E-state index in [2.05, 4.69) is 0 Å². The van der Waals surface area contributed by atoms with Gasteiger partial charge in [0.25, 0.3) is 0 Å². The molecule has 0 fully saturated rings. The molecule has 0 radical (unpaired) electrons. The monoisotopic (exact) mass is 395 g/mol. The van der Waals surface area contributed by atoms with Crippen LogP contribution in [-0.4, -0.2) is 31.8 Å². The zero-order chi connectivity index (χ0) is 19.3. The standard InChI is InChI=1S/C19H22ClNO4S/c1-4-21(5-2)26(23,24)16-12-10-15(11-13-16)19(22)25-14(3)17-8-6-7-9-18(17)20/h6-14H,4-5H2,1-3H3. The van der Waals surface area contributed by atoms with Crippen molar-refractivity contribution in [1.29, 1.82) is 0 Å². The fourth-order valence-corrected chi connectivity index (χ4v) is 4.32. The molecule has 1 unspecified atom stereocenters. The van der Waals surface area contributed by atoms with Gasteiger partial charge in [-0.1, -0.05) is 43.6 Å². The molecule has 5 nitrogen and oxygen atoms in total. The first-order chi connectivity index (χ1) is 12.3. The lowest BCUT2D eigenvalue weighted by Gasteiger charge is -2.18. The largest absolute Gasteiger partial charge is 0.454 e. The summed E-state index contributed by atoms with van der Waals surface area (Å²) in [7, 11) is -3.55. The highest BCUT2D eigenvalue weighted by Gasteiger charge is 2.22. The van der Waals surface area contributed by atoms with E-state index in [9.17, 15) is 13.2 Å². The predicted octanol–water partition coefficient (Wildman–Crippen LogP) is 4.29. The third kappa shape index (κ3) is 4.44. The van der Waals surface area contributed by atoms with E-state index in [1.165, 1.54) is 28.6 Å². The summed E-state index contributed by atoms with van der Waals surface area (Å²) in [5.74, 6) is -0.538. The van der Waals surface area contributed by atoms with Gasteiger partial charge in [-0.15, -0.1) is 0 Å². The van der Waals surface area contributed by atoms with Gasteiger partial charge < -0.3 is 4.74 Å². The molecule has 26 heavy (non-hydrogen) atoms. The van der Waals surface area contributed by atoms with Crippen LogP contribution in [0.5, 0.6) is 0 Å². The van der Waals surface area contributed by atoms with E-state index in [0.29, 0.717) is 23.7 Å². The number of esters is 1. The van der Waals surface area contributed by atoms with Gasteiger partial charge in [-0.05, 0) is 37.3 Å². The van der Waals surface area contributed by atoms with Crippen molar-refractivity contribution < 1.29 is 17.9 Å². The van der Waals surface area contributed by atoms with Crippen molar-refractivity contribution >= 4 is 27.6 Å². The molecule has 0 heterocycles. The molecule has 1 atom stereocenters. The number of carbonyl (C=O) groups excluding carboxylic acids is 1. The molecule has 2 aromatic rings. The van der Waals surface area contributed by atoms with Crippen molar-refractivity contribution in [2.75, 3.05) is 13.1 Å². The smallest absolute Gasteiger partial charge is 0.338 e. The Bertz CT molecular complexity index is 861. The molecule has 2 rings (SSSR count). The summed E-state index contributed by atoms with van der Waals surface area (Å²) in [6.45, 7) is 6.07. The summed E-state index contributed by atoms with van der Waals surface area (Å²) >= 11 is 6.11. The van der Waals surface area contributed by atoms with Gasteiger partial charge in [0.15, 0.2) is 0 Å². The number of nitrogens with zero attached hydrogens (tertiary/aromatic N) is 1. The Morgan fingerprint density at radius 3 is 2.19 bits per heavy atom. The fraction of sp³-hybridized carbons (Fsp3) is 0.316. The second-order valence-corrected chi connectivity index (χ2v) is 8.03. The van der Waals surface area contributed by atoms with Crippen molar-refractivity contribution in [1.82, 2.24) is 4.31 Å². The highest BCUT2D eigenvalue weighted by atomic mass is 35.5. The quantitative estimate of drug-likeness (QED) is 0.656. The van der Waals surface area contributed by atoms with Crippen LogP contribution < -0.4 is 0 Å². The van der Waals surface area contributed by atoms with Gasteiger partial charge in [0.05, 0.1) is 10.5 Å². The van der Waals surface area contributed by atoms with Gasteiger partial charge in [0.1, 0.15) is 6.10 Å².